The van der Waals surface area contributed by atoms with Crippen molar-refractivity contribution in [3.8, 4) is 0 Å². The fraction of sp³-hybridized carbons (Fsp3) is 0.250. The van der Waals surface area contributed by atoms with E-state index < -0.39 is 0 Å². The van der Waals surface area contributed by atoms with Gasteiger partial charge in [-0.15, -0.1) is 0 Å². The number of pyridine rings is 1. The van der Waals surface area contributed by atoms with Crippen molar-refractivity contribution in [2.24, 2.45) is 7.05 Å². The quantitative estimate of drug-likeness (QED) is 0.407. The number of fused-ring (bicyclic) bond motifs is 4. The minimum absolute atomic E-state index is 0. The van der Waals surface area contributed by atoms with Gasteiger partial charge in [-0.25, -0.2) is 0 Å². The Labute approximate surface area is 200 Å². The maximum absolute atomic E-state index is 3.97. The Morgan fingerprint density at radius 2 is 1.55 bits per heavy atom. The van der Waals surface area contributed by atoms with Crippen LogP contribution >= 0.6 is 0 Å². The van der Waals surface area contributed by atoms with Crippen molar-refractivity contribution in [3.63, 3.8) is 0 Å². The molecule has 0 aliphatic carbocycles. The van der Waals surface area contributed by atoms with Gasteiger partial charge < -0.3 is 22.7 Å². The molecule has 1 fully saturated rings. The molecule has 4 nitrogen and oxygen atoms in total. The van der Waals surface area contributed by atoms with Crippen molar-refractivity contribution in [2.45, 2.75) is 25.4 Å². The first kappa shape index (κ1) is 21.7. The molecule has 0 saturated carbocycles. The van der Waals surface area contributed by atoms with E-state index in [-0.39, 0.29) is 12.4 Å². The van der Waals surface area contributed by atoms with Gasteiger partial charge in [0.1, 0.15) is 12.6 Å². The van der Waals surface area contributed by atoms with Crippen molar-refractivity contribution in [1.29, 1.82) is 0 Å². The molecule has 6 rings (SSSR count). The Morgan fingerprint density at radius 1 is 0.879 bits per heavy atom. The molecule has 0 bridgehead atoms. The first-order valence-electron chi connectivity index (χ1n) is 11.6. The van der Waals surface area contributed by atoms with E-state index in [1.807, 2.05) is 0 Å². The van der Waals surface area contributed by atoms with Crippen LogP contribution in [-0.2, 0) is 13.6 Å². The molecule has 5 heteroatoms. The predicted octanol–water partition coefficient (Wildman–Crippen LogP) is 2.38. The molecular formula is C28H29ClN4. The Hall–Kier alpha value is -3.08. The number of piperidine rings is 1. The second kappa shape index (κ2) is 9.05. The second-order valence-corrected chi connectivity index (χ2v) is 9.03. The summed E-state index contributed by atoms with van der Waals surface area (Å²) >= 11 is 0. The smallest absolute Gasteiger partial charge is 0.240 e. The molecule has 33 heavy (non-hydrogen) atoms. The summed E-state index contributed by atoms with van der Waals surface area (Å²) in [5.41, 5.74) is 7.57. The molecule has 2 N–H and O–H groups in total. The van der Waals surface area contributed by atoms with Crippen LogP contribution in [0.1, 0.15) is 18.4 Å². The van der Waals surface area contributed by atoms with E-state index in [0.29, 0.717) is 6.04 Å². The summed E-state index contributed by atoms with van der Waals surface area (Å²) in [5, 5.41) is 6.52. The minimum atomic E-state index is 0. The van der Waals surface area contributed by atoms with E-state index in [0.717, 1.165) is 32.5 Å². The van der Waals surface area contributed by atoms with Gasteiger partial charge in [0.2, 0.25) is 11.0 Å². The van der Waals surface area contributed by atoms with Crippen LogP contribution in [0.15, 0.2) is 78.9 Å². The number of para-hydroxylation sites is 2. The summed E-state index contributed by atoms with van der Waals surface area (Å²) < 4.78 is 2.33. The number of aromatic amines is 1. The summed E-state index contributed by atoms with van der Waals surface area (Å²) in [6.45, 7) is 3.30. The summed E-state index contributed by atoms with van der Waals surface area (Å²) in [7, 11) is 2.18. The third-order valence-electron chi connectivity index (χ3n) is 6.98. The topological polar surface area (TPSA) is 34.9 Å². The normalized spacial score (nSPS) is 15.2. The average molecular weight is 457 g/mol. The number of benzene rings is 3. The highest BCUT2D eigenvalue weighted by Gasteiger charge is 2.25. The highest BCUT2D eigenvalue weighted by Crippen LogP contribution is 2.34. The monoisotopic (exact) mass is 456 g/mol. The van der Waals surface area contributed by atoms with E-state index in [2.05, 4.69) is 106 Å². The Morgan fingerprint density at radius 3 is 2.33 bits per heavy atom. The van der Waals surface area contributed by atoms with Crippen molar-refractivity contribution in [2.75, 3.05) is 18.4 Å². The van der Waals surface area contributed by atoms with E-state index in [9.17, 15) is 0 Å². The molecule has 5 aromatic rings. The molecule has 0 spiro atoms. The molecule has 3 aromatic carbocycles. The first-order valence-corrected chi connectivity index (χ1v) is 11.6. The largest absolute Gasteiger partial charge is 1.00 e. The maximum Gasteiger partial charge on any atom is 0.240 e. The van der Waals surface area contributed by atoms with Gasteiger partial charge in [0, 0.05) is 31.7 Å². The molecule has 0 unspecified atom stereocenters. The lowest BCUT2D eigenvalue weighted by molar-refractivity contribution is -0.616. The van der Waals surface area contributed by atoms with Gasteiger partial charge in [-0.05, 0) is 36.6 Å². The van der Waals surface area contributed by atoms with E-state index in [1.165, 1.54) is 44.1 Å². The highest BCUT2D eigenvalue weighted by atomic mass is 35.5. The SMILES string of the molecule is C[n+]1c2ccccc2c(NC2CCN(Cc3ccccc3)CC2)c2[nH]c3ccccc3c21.[Cl-]. The average Bonchev–Trinajstić information content (AvgIpc) is 3.23. The van der Waals surface area contributed by atoms with Gasteiger partial charge in [-0.1, -0.05) is 54.6 Å². The van der Waals surface area contributed by atoms with Crippen molar-refractivity contribution in [3.05, 3.63) is 84.4 Å². The van der Waals surface area contributed by atoms with Crippen LogP contribution in [0.4, 0.5) is 5.69 Å². The maximum atomic E-state index is 3.97. The van der Waals surface area contributed by atoms with Crippen LogP contribution in [0.3, 0.4) is 0 Å². The van der Waals surface area contributed by atoms with E-state index >= 15 is 0 Å². The lowest BCUT2D eigenvalue weighted by Gasteiger charge is -2.33. The van der Waals surface area contributed by atoms with E-state index in [1.54, 1.807) is 0 Å². The zero-order valence-electron chi connectivity index (χ0n) is 18.9. The fourth-order valence-corrected chi connectivity index (χ4v) is 5.32. The van der Waals surface area contributed by atoms with Gasteiger partial charge in [-0.3, -0.25) is 4.90 Å². The Bertz CT molecular complexity index is 1400. The van der Waals surface area contributed by atoms with Gasteiger partial charge >= 0.3 is 0 Å². The predicted molar refractivity (Wildman–Crippen MR) is 133 cm³/mol. The number of aromatic nitrogens is 2. The number of nitrogens with zero attached hydrogens (tertiary/aromatic N) is 2. The summed E-state index contributed by atoms with van der Waals surface area (Å²) in [6.07, 6.45) is 2.31. The third kappa shape index (κ3) is 3.94. The Kier molecular flexibility index (Phi) is 5.96. The van der Waals surface area contributed by atoms with Crippen LogP contribution in [0, 0.1) is 0 Å². The highest BCUT2D eigenvalue weighted by molar-refractivity contribution is 6.13. The molecule has 2 aromatic heterocycles. The van der Waals surface area contributed by atoms with Gasteiger partial charge in [0.05, 0.1) is 22.0 Å². The number of rotatable bonds is 4. The molecule has 168 valence electrons. The van der Waals surface area contributed by atoms with Crippen LogP contribution in [0.25, 0.3) is 32.8 Å². The van der Waals surface area contributed by atoms with Crippen molar-refractivity contribution in [1.82, 2.24) is 9.88 Å². The standard InChI is InChI=1S/C28H28N4.ClH/c1-31-25-14-8-6-12-23(25)26(27-28(31)22-11-5-7-13-24(22)30-27)29-21-15-17-32(18-16-21)19-20-9-3-2-4-10-20;/h2-14,21H,15-19H2,1H3,(H,29,30);1H. The van der Waals surface area contributed by atoms with Gasteiger partial charge in [-0.2, -0.15) is 4.57 Å². The number of H-pyrrole nitrogens is 1. The zero-order chi connectivity index (χ0) is 21.5. The minimum Gasteiger partial charge on any atom is -1.00 e. The summed E-state index contributed by atoms with van der Waals surface area (Å²) in [4.78, 5) is 6.30. The number of aryl methyl sites for hydroxylation is 1. The van der Waals surface area contributed by atoms with Crippen molar-refractivity contribution < 1.29 is 17.0 Å². The first-order chi connectivity index (χ1) is 15.8. The van der Waals surface area contributed by atoms with Crippen LogP contribution < -0.4 is 22.3 Å². The zero-order valence-corrected chi connectivity index (χ0v) is 19.6. The summed E-state index contributed by atoms with van der Waals surface area (Å²) in [6, 6.07) is 28.7. The lowest BCUT2D eigenvalue weighted by atomic mass is 10.0. The van der Waals surface area contributed by atoms with Crippen LogP contribution in [0.2, 0.25) is 0 Å². The van der Waals surface area contributed by atoms with Crippen molar-refractivity contribution >= 4 is 38.5 Å². The number of hydrogen-bond donors (Lipinski definition) is 2. The lowest BCUT2D eigenvalue weighted by Crippen LogP contribution is -3.00. The van der Waals surface area contributed by atoms with Gasteiger partial charge in [0.25, 0.3) is 0 Å². The number of hydrogen-bond acceptors (Lipinski definition) is 2. The number of halogens is 1. The Balaban J connectivity index is 0.00000228. The van der Waals surface area contributed by atoms with E-state index in [4.69, 9.17) is 0 Å². The molecule has 1 aliphatic rings. The number of likely N-dealkylation sites (tertiary alicyclic amines) is 1. The van der Waals surface area contributed by atoms with Crippen LogP contribution in [0.5, 0.6) is 0 Å². The molecule has 3 heterocycles. The fourth-order valence-electron chi connectivity index (χ4n) is 5.32. The number of anilines is 1. The third-order valence-corrected chi connectivity index (χ3v) is 6.98. The molecule has 0 amide bonds. The molecule has 0 radical (unpaired) electrons. The molecule has 1 aliphatic heterocycles. The summed E-state index contributed by atoms with van der Waals surface area (Å²) in [5.74, 6) is 0. The van der Waals surface area contributed by atoms with Gasteiger partial charge in [0.15, 0.2) is 0 Å². The molecular weight excluding hydrogens is 428 g/mol. The second-order valence-electron chi connectivity index (χ2n) is 9.03. The van der Waals surface area contributed by atoms with Crippen LogP contribution in [-0.4, -0.2) is 29.0 Å². The molecule has 0 atom stereocenters. The molecule has 1 saturated heterocycles. The number of nitrogens with one attached hydrogen (secondary N) is 2.